The molecule has 1 aliphatic rings. The van der Waals surface area contributed by atoms with Crippen molar-refractivity contribution in [3.05, 3.63) is 61.2 Å². The summed E-state index contributed by atoms with van der Waals surface area (Å²) in [5.41, 5.74) is 4.71. The van der Waals surface area contributed by atoms with Crippen LogP contribution in [0.15, 0.2) is 61.2 Å². The molecule has 0 atom stereocenters. The molecule has 208 valence electrons. The van der Waals surface area contributed by atoms with E-state index in [1.807, 2.05) is 35.0 Å². The first-order chi connectivity index (χ1) is 18.2. The zero-order valence-electron chi connectivity index (χ0n) is 21.7. The second kappa shape index (κ2) is 11.7. The molecule has 2 amide bonds. The van der Waals surface area contributed by atoms with Crippen LogP contribution in [0.1, 0.15) is 32.7 Å². The molecule has 0 saturated carbocycles. The number of amides is 2. The normalized spacial score (nSPS) is 14.9. The molecule has 8 nitrogen and oxygen atoms in total. The van der Waals surface area contributed by atoms with Crippen LogP contribution in [0.25, 0.3) is 28.0 Å². The molecule has 39 heavy (non-hydrogen) atoms. The van der Waals surface area contributed by atoms with E-state index in [-0.39, 0.29) is 12.4 Å². The lowest BCUT2D eigenvalue weighted by atomic mass is 10.0. The van der Waals surface area contributed by atoms with Crippen LogP contribution in [-0.4, -0.2) is 61.9 Å². The molecule has 1 fully saturated rings. The molecule has 0 bridgehead atoms. The van der Waals surface area contributed by atoms with Crippen LogP contribution < -0.4 is 10.6 Å². The van der Waals surface area contributed by atoms with Gasteiger partial charge in [0.25, 0.3) is 0 Å². The number of carbonyl (C=O) groups excluding carboxylic acids is 1. The Hall–Kier alpha value is -3.57. The van der Waals surface area contributed by atoms with Gasteiger partial charge in [-0.15, -0.1) is 12.4 Å². The topological polar surface area (TPSA) is 79.5 Å². The summed E-state index contributed by atoms with van der Waals surface area (Å²) in [6, 6.07) is 10.9. The minimum Gasteiger partial charge on any atom is -0.329 e. The fourth-order valence-electron chi connectivity index (χ4n) is 4.84. The highest BCUT2D eigenvalue weighted by molar-refractivity contribution is 5.90. The summed E-state index contributed by atoms with van der Waals surface area (Å²) in [7, 11) is 0. The number of halogens is 4. The zero-order valence-corrected chi connectivity index (χ0v) is 22.5. The van der Waals surface area contributed by atoms with Crippen LogP contribution in [0.2, 0.25) is 0 Å². The minimum absolute atomic E-state index is 0. The number of carbonyl (C=O) groups is 1. The van der Waals surface area contributed by atoms with Crippen molar-refractivity contribution < 1.29 is 18.0 Å². The Morgan fingerprint density at radius 2 is 1.85 bits per heavy atom. The molecule has 1 aromatic carbocycles. The van der Waals surface area contributed by atoms with Crippen LogP contribution in [0.3, 0.4) is 0 Å². The number of pyridine rings is 1. The summed E-state index contributed by atoms with van der Waals surface area (Å²) < 4.78 is 41.1. The van der Waals surface area contributed by atoms with Crippen LogP contribution >= 0.6 is 12.4 Å². The summed E-state index contributed by atoms with van der Waals surface area (Å²) in [5.74, 6) is 0. The number of nitrogens with one attached hydrogen (secondary N) is 2. The van der Waals surface area contributed by atoms with Crippen LogP contribution in [0.4, 0.5) is 23.7 Å². The fourth-order valence-corrected chi connectivity index (χ4v) is 4.84. The number of hydrogen-bond acceptors (Lipinski definition) is 4. The first-order valence-electron chi connectivity index (χ1n) is 12.6. The van der Waals surface area contributed by atoms with Crippen molar-refractivity contribution in [3.63, 3.8) is 0 Å². The minimum atomic E-state index is -4.47. The summed E-state index contributed by atoms with van der Waals surface area (Å²) >= 11 is 0. The first kappa shape index (κ1) is 28.4. The highest BCUT2D eigenvalue weighted by atomic mass is 35.5. The van der Waals surface area contributed by atoms with Crippen molar-refractivity contribution in [1.82, 2.24) is 29.4 Å². The number of urea groups is 1. The number of hydrogen-bond donors (Lipinski definition) is 2. The summed E-state index contributed by atoms with van der Waals surface area (Å²) in [6.07, 6.45) is 5.35. The lowest BCUT2D eigenvalue weighted by Gasteiger charge is -2.34. The summed E-state index contributed by atoms with van der Waals surface area (Å²) in [5, 5.41) is 8.89. The zero-order chi connectivity index (χ0) is 26.9. The summed E-state index contributed by atoms with van der Waals surface area (Å²) in [6.45, 7) is 5.23. The highest BCUT2D eigenvalue weighted by Gasteiger charge is 2.27. The van der Waals surface area contributed by atoms with E-state index in [0.717, 1.165) is 54.0 Å². The van der Waals surface area contributed by atoms with Gasteiger partial charge in [0.15, 0.2) is 0 Å². The van der Waals surface area contributed by atoms with Gasteiger partial charge in [-0.3, -0.25) is 9.08 Å². The number of alkyl halides is 3. The van der Waals surface area contributed by atoms with E-state index in [0.29, 0.717) is 17.8 Å². The van der Waals surface area contributed by atoms with E-state index in [2.05, 4.69) is 45.0 Å². The third-order valence-electron chi connectivity index (χ3n) is 6.92. The second-order valence-electron chi connectivity index (χ2n) is 9.86. The van der Waals surface area contributed by atoms with Crippen LogP contribution in [0, 0.1) is 0 Å². The van der Waals surface area contributed by atoms with Crippen molar-refractivity contribution in [2.24, 2.45) is 0 Å². The van der Waals surface area contributed by atoms with Gasteiger partial charge < -0.3 is 15.5 Å². The molecule has 2 N–H and O–H groups in total. The molecule has 0 spiro atoms. The van der Waals surface area contributed by atoms with E-state index in [4.69, 9.17) is 0 Å². The monoisotopic (exact) mass is 561 g/mol. The van der Waals surface area contributed by atoms with Gasteiger partial charge in [0.2, 0.25) is 0 Å². The Morgan fingerprint density at radius 1 is 1.08 bits per heavy atom. The number of imidazole rings is 1. The standard InChI is InChI=1S/C27H30F3N7O.ClH/c1-18(2)35-9-7-23(8-10-35)37-16-21(14-33-37)19-6-11-36-24(15-31-25(36)13-19)20-4-3-5-22(12-20)34-26(38)32-17-27(28,29)30;/h3-6,11-16,18,23H,7-10,17H2,1-2H3,(H2,32,34,38);1H. The van der Waals surface area contributed by atoms with Gasteiger partial charge >= 0.3 is 12.2 Å². The second-order valence-corrected chi connectivity index (χ2v) is 9.86. The largest absolute Gasteiger partial charge is 0.405 e. The molecule has 0 unspecified atom stereocenters. The van der Waals surface area contributed by atoms with Crippen molar-refractivity contribution in [2.45, 2.75) is 44.9 Å². The summed E-state index contributed by atoms with van der Waals surface area (Å²) in [4.78, 5) is 18.9. The van der Waals surface area contributed by atoms with Gasteiger partial charge in [-0.1, -0.05) is 12.1 Å². The average molecular weight is 562 g/mol. The SMILES string of the molecule is CC(C)N1CCC(n2cc(-c3ccn4c(-c5cccc(NC(=O)NCC(F)(F)F)c5)cnc4c3)cn2)CC1.Cl. The van der Waals surface area contributed by atoms with Gasteiger partial charge in [0.1, 0.15) is 12.2 Å². The smallest absolute Gasteiger partial charge is 0.329 e. The van der Waals surface area contributed by atoms with Gasteiger partial charge in [-0.2, -0.15) is 18.3 Å². The highest BCUT2D eigenvalue weighted by Crippen LogP contribution is 2.29. The number of piperidine rings is 1. The molecule has 0 radical (unpaired) electrons. The lowest BCUT2D eigenvalue weighted by Crippen LogP contribution is -2.39. The van der Waals surface area contributed by atoms with E-state index in [1.54, 1.807) is 29.7 Å². The molecule has 1 aliphatic heterocycles. The maximum absolute atomic E-state index is 12.4. The number of nitrogens with zero attached hydrogens (tertiary/aromatic N) is 5. The maximum atomic E-state index is 12.4. The lowest BCUT2D eigenvalue weighted by molar-refractivity contribution is -0.122. The Kier molecular flexibility index (Phi) is 8.51. The third kappa shape index (κ3) is 6.72. The van der Waals surface area contributed by atoms with Gasteiger partial charge in [-0.05, 0) is 56.5 Å². The Bertz CT molecular complexity index is 1420. The molecule has 3 aromatic heterocycles. The van der Waals surface area contributed by atoms with Crippen molar-refractivity contribution >= 4 is 29.8 Å². The predicted molar refractivity (Wildman–Crippen MR) is 147 cm³/mol. The number of benzene rings is 1. The maximum Gasteiger partial charge on any atom is 0.405 e. The number of rotatable bonds is 6. The Balaban J connectivity index is 0.00000353. The van der Waals surface area contributed by atoms with E-state index in [9.17, 15) is 18.0 Å². The van der Waals surface area contributed by atoms with Crippen LogP contribution in [-0.2, 0) is 0 Å². The van der Waals surface area contributed by atoms with E-state index >= 15 is 0 Å². The third-order valence-corrected chi connectivity index (χ3v) is 6.92. The quantitative estimate of drug-likeness (QED) is 0.302. The Labute approximate surface area is 230 Å². The van der Waals surface area contributed by atoms with Crippen LogP contribution in [0.5, 0.6) is 0 Å². The van der Waals surface area contributed by atoms with E-state index < -0.39 is 18.8 Å². The molecule has 4 heterocycles. The average Bonchev–Trinajstić information content (AvgIpc) is 3.55. The molecule has 0 aliphatic carbocycles. The van der Waals surface area contributed by atoms with Gasteiger partial charge in [0.05, 0.1) is 24.1 Å². The van der Waals surface area contributed by atoms with Crippen molar-refractivity contribution in [1.29, 1.82) is 0 Å². The molecule has 12 heteroatoms. The first-order valence-corrected chi connectivity index (χ1v) is 12.6. The Morgan fingerprint density at radius 3 is 2.56 bits per heavy atom. The van der Waals surface area contributed by atoms with Gasteiger partial charge in [0, 0.05) is 48.3 Å². The number of likely N-dealkylation sites (tertiary alicyclic amines) is 1. The van der Waals surface area contributed by atoms with Gasteiger partial charge in [-0.25, -0.2) is 9.78 Å². The molecular weight excluding hydrogens is 531 g/mol. The van der Waals surface area contributed by atoms with E-state index in [1.165, 1.54) is 0 Å². The molecule has 4 aromatic rings. The fraction of sp³-hybridized carbons (Fsp3) is 0.370. The molecular formula is C27H31ClF3N7O. The molecule has 1 saturated heterocycles. The molecule has 5 rings (SSSR count). The van der Waals surface area contributed by atoms with Crippen molar-refractivity contribution in [2.75, 3.05) is 25.0 Å². The number of fused-ring (bicyclic) bond motifs is 1. The number of anilines is 1. The predicted octanol–water partition coefficient (Wildman–Crippen LogP) is 6.02. The van der Waals surface area contributed by atoms with Crippen molar-refractivity contribution in [3.8, 4) is 22.4 Å². The number of aromatic nitrogens is 4.